The van der Waals surface area contributed by atoms with Gasteiger partial charge in [-0.3, -0.25) is 0 Å². The second-order valence-corrected chi connectivity index (χ2v) is 8.72. The van der Waals surface area contributed by atoms with Gasteiger partial charge in [-0.25, -0.2) is 0 Å². The van der Waals surface area contributed by atoms with Crippen LogP contribution in [0.1, 0.15) is 31.2 Å². The number of ether oxygens (including phenoxy) is 3. The van der Waals surface area contributed by atoms with Gasteiger partial charge < -0.3 is 19.1 Å². The van der Waals surface area contributed by atoms with Crippen LogP contribution in [0.3, 0.4) is 0 Å². The standard InChI is InChI=1S/C19H27NO3S/c1-20-9-8-18(14-4-5-15(21-2)16(12-14)22-3)6-7-19(13-17(18)20)23-10-11-24-19/h4-5,12,17H,6-11,13H2,1-3H3/t17-,18-,19?/m1/s1. The number of fused-ring (bicyclic) bond motifs is 1. The zero-order chi connectivity index (χ0) is 16.8. The molecule has 0 radical (unpaired) electrons. The van der Waals surface area contributed by atoms with Crippen LogP contribution in [0.15, 0.2) is 18.2 Å². The topological polar surface area (TPSA) is 30.9 Å². The molecule has 1 spiro atoms. The number of likely N-dealkylation sites (N-methyl/N-ethyl adjacent to an activating group) is 1. The minimum Gasteiger partial charge on any atom is -0.493 e. The van der Waals surface area contributed by atoms with E-state index in [0.29, 0.717) is 6.04 Å². The van der Waals surface area contributed by atoms with Crippen molar-refractivity contribution in [2.45, 2.75) is 42.1 Å². The first-order valence-electron chi connectivity index (χ1n) is 8.83. The van der Waals surface area contributed by atoms with Crippen LogP contribution in [0.5, 0.6) is 11.5 Å². The van der Waals surface area contributed by atoms with E-state index in [4.69, 9.17) is 14.2 Å². The largest absolute Gasteiger partial charge is 0.493 e. The number of rotatable bonds is 3. The predicted molar refractivity (Wildman–Crippen MR) is 97.3 cm³/mol. The molecule has 1 aromatic rings. The van der Waals surface area contributed by atoms with Crippen LogP contribution in [0.25, 0.3) is 0 Å². The average molecular weight is 349 g/mol. The maximum absolute atomic E-state index is 6.19. The van der Waals surface area contributed by atoms with Gasteiger partial charge >= 0.3 is 0 Å². The monoisotopic (exact) mass is 349 g/mol. The van der Waals surface area contributed by atoms with Crippen LogP contribution in [-0.4, -0.2) is 56.0 Å². The third-order valence-corrected chi connectivity index (χ3v) is 7.69. The summed E-state index contributed by atoms with van der Waals surface area (Å²) in [7, 11) is 5.68. The molecule has 4 rings (SSSR count). The minimum atomic E-state index is 0.0589. The molecule has 5 heteroatoms. The van der Waals surface area contributed by atoms with Crippen molar-refractivity contribution in [2.24, 2.45) is 0 Å². The number of hydrogen-bond donors (Lipinski definition) is 0. The van der Waals surface area contributed by atoms with Crippen LogP contribution in [-0.2, 0) is 10.2 Å². The molecule has 1 aromatic carbocycles. The first-order valence-corrected chi connectivity index (χ1v) is 9.82. The SMILES string of the molecule is COc1ccc([C@@]23CCN(C)[C@@H]2CC2(CC3)OCCS2)cc1OC. The van der Waals surface area contributed by atoms with E-state index in [2.05, 4.69) is 30.1 Å². The second kappa shape index (κ2) is 6.11. The smallest absolute Gasteiger partial charge is 0.161 e. The molecule has 0 N–H and O–H groups in total. The summed E-state index contributed by atoms with van der Waals surface area (Å²) in [6.45, 7) is 2.06. The van der Waals surface area contributed by atoms with E-state index >= 15 is 0 Å². The molecule has 1 aliphatic carbocycles. The van der Waals surface area contributed by atoms with E-state index in [9.17, 15) is 0 Å². The molecular weight excluding hydrogens is 322 g/mol. The number of methoxy groups -OCH3 is 2. The van der Waals surface area contributed by atoms with Gasteiger partial charge in [0.15, 0.2) is 11.5 Å². The van der Waals surface area contributed by atoms with Crippen molar-refractivity contribution in [2.75, 3.05) is 40.2 Å². The number of likely N-dealkylation sites (tertiary alicyclic amines) is 1. The van der Waals surface area contributed by atoms with Crippen molar-refractivity contribution in [3.05, 3.63) is 23.8 Å². The van der Waals surface area contributed by atoms with Gasteiger partial charge in [-0.15, -0.1) is 11.8 Å². The van der Waals surface area contributed by atoms with Crippen molar-refractivity contribution < 1.29 is 14.2 Å². The molecule has 2 saturated heterocycles. The summed E-state index contributed by atoms with van der Waals surface area (Å²) in [5.74, 6) is 2.78. The van der Waals surface area contributed by atoms with Crippen LogP contribution in [0, 0.1) is 0 Å². The fraction of sp³-hybridized carbons (Fsp3) is 0.684. The third kappa shape index (κ3) is 2.44. The van der Waals surface area contributed by atoms with Crippen molar-refractivity contribution in [1.82, 2.24) is 4.90 Å². The molecule has 0 amide bonds. The van der Waals surface area contributed by atoms with Crippen LogP contribution < -0.4 is 9.47 Å². The molecule has 1 saturated carbocycles. The highest BCUT2D eigenvalue weighted by Gasteiger charge is 2.56. The quantitative estimate of drug-likeness (QED) is 0.836. The molecule has 3 atom stereocenters. The highest BCUT2D eigenvalue weighted by atomic mass is 32.2. The van der Waals surface area contributed by atoms with Gasteiger partial charge in [0.2, 0.25) is 0 Å². The summed E-state index contributed by atoms with van der Waals surface area (Å²) in [6, 6.07) is 7.04. The number of hydrogen-bond acceptors (Lipinski definition) is 5. The molecule has 3 fully saturated rings. The Morgan fingerprint density at radius 1 is 1.17 bits per heavy atom. The summed E-state index contributed by atoms with van der Waals surface area (Å²) < 4.78 is 17.2. The molecule has 1 unspecified atom stereocenters. The average Bonchev–Trinajstić information content (AvgIpc) is 3.21. The van der Waals surface area contributed by atoms with Crippen molar-refractivity contribution >= 4 is 11.8 Å². The minimum absolute atomic E-state index is 0.0589. The van der Waals surface area contributed by atoms with Crippen molar-refractivity contribution in [3.8, 4) is 11.5 Å². The maximum atomic E-state index is 6.19. The molecule has 3 aliphatic rings. The molecule has 2 aliphatic heterocycles. The summed E-state index contributed by atoms with van der Waals surface area (Å²) >= 11 is 2.03. The lowest BCUT2D eigenvalue weighted by Crippen LogP contribution is -2.51. The number of benzene rings is 1. The summed E-state index contributed by atoms with van der Waals surface area (Å²) in [5.41, 5.74) is 1.61. The third-order valence-electron chi connectivity index (χ3n) is 6.31. The van der Waals surface area contributed by atoms with Gasteiger partial charge in [-0.05, 0) is 50.6 Å². The first-order chi connectivity index (χ1) is 11.6. The van der Waals surface area contributed by atoms with Gasteiger partial charge in [0.1, 0.15) is 4.93 Å². The molecule has 0 aromatic heterocycles. The fourth-order valence-corrected chi connectivity index (χ4v) is 6.19. The van der Waals surface area contributed by atoms with E-state index in [1.54, 1.807) is 14.2 Å². The van der Waals surface area contributed by atoms with Crippen LogP contribution >= 0.6 is 11.8 Å². The van der Waals surface area contributed by atoms with Gasteiger partial charge in [-0.2, -0.15) is 0 Å². The summed E-state index contributed by atoms with van der Waals surface area (Å²) in [6.07, 6.45) is 4.67. The van der Waals surface area contributed by atoms with Gasteiger partial charge in [-0.1, -0.05) is 6.07 Å². The Labute approximate surface area is 148 Å². The number of thioether (sulfide) groups is 1. The van der Waals surface area contributed by atoms with E-state index in [-0.39, 0.29) is 10.3 Å². The van der Waals surface area contributed by atoms with Crippen molar-refractivity contribution in [3.63, 3.8) is 0 Å². The Balaban J connectivity index is 1.70. The Morgan fingerprint density at radius 2 is 2.00 bits per heavy atom. The normalized spacial score (nSPS) is 36.0. The molecule has 2 heterocycles. The molecule has 132 valence electrons. The highest BCUT2D eigenvalue weighted by Crippen LogP contribution is 2.56. The lowest BCUT2D eigenvalue weighted by atomic mass is 9.65. The zero-order valence-corrected chi connectivity index (χ0v) is 15.7. The lowest BCUT2D eigenvalue weighted by Gasteiger charge is -2.48. The maximum Gasteiger partial charge on any atom is 0.161 e. The highest BCUT2D eigenvalue weighted by molar-refractivity contribution is 8.00. The van der Waals surface area contributed by atoms with Gasteiger partial charge in [0, 0.05) is 23.6 Å². The lowest BCUT2D eigenvalue weighted by molar-refractivity contribution is -0.0146. The van der Waals surface area contributed by atoms with Crippen molar-refractivity contribution in [1.29, 1.82) is 0 Å². The summed E-state index contributed by atoms with van der Waals surface area (Å²) in [5, 5.41) is 0. The first kappa shape index (κ1) is 16.6. The molecular formula is C19H27NO3S. The van der Waals surface area contributed by atoms with Gasteiger partial charge in [0.25, 0.3) is 0 Å². The van der Waals surface area contributed by atoms with E-state index < -0.39 is 0 Å². The molecule has 4 nitrogen and oxygen atoms in total. The predicted octanol–water partition coefficient (Wildman–Crippen LogP) is 3.29. The number of nitrogens with zero attached hydrogens (tertiary/aromatic N) is 1. The van der Waals surface area contributed by atoms with E-state index in [1.165, 1.54) is 18.4 Å². The van der Waals surface area contributed by atoms with Crippen LogP contribution in [0.4, 0.5) is 0 Å². The Kier molecular flexibility index (Phi) is 4.22. The van der Waals surface area contributed by atoms with Gasteiger partial charge in [0.05, 0.1) is 20.8 Å². The fourth-order valence-electron chi connectivity index (χ4n) is 4.96. The zero-order valence-electron chi connectivity index (χ0n) is 14.8. The Bertz CT molecular complexity index is 617. The van der Waals surface area contributed by atoms with E-state index in [1.807, 2.05) is 11.8 Å². The summed E-state index contributed by atoms with van der Waals surface area (Å²) in [4.78, 5) is 2.60. The molecule has 24 heavy (non-hydrogen) atoms. The Morgan fingerprint density at radius 3 is 2.71 bits per heavy atom. The van der Waals surface area contributed by atoms with Crippen LogP contribution in [0.2, 0.25) is 0 Å². The second-order valence-electron chi connectivity index (χ2n) is 7.28. The molecule has 0 bridgehead atoms. The Hall–Kier alpha value is -0.910. The van der Waals surface area contributed by atoms with E-state index in [0.717, 1.165) is 43.2 Å².